The first-order valence-corrected chi connectivity index (χ1v) is 8.90. The fourth-order valence-electron chi connectivity index (χ4n) is 4.18. The van der Waals surface area contributed by atoms with Crippen LogP contribution in [0.15, 0.2) is 30.3 Å². The van der Waals surface area contributed by atoms with Crippen LogP contribution in [0.25, 0.3) is 0 Å². The van der Waals surface area contributed by atoms with Crippen LogP contribution in [0.4, 0.5) is 0 Å². The Kier molecular flexibility index (Phi) is 5.25. The molecule has 0 spiro atoms. The van der Waals surface area contributed by atoms with Crippen molar-refractivity contribution in [2.75, 3.05) is 13.7 Å². The minimum atomic E-state index is -0.789. The number of carbonyl (C=O) groups excluding carboxylic acids is 2. The van der Waals surface area contributed by atoms with Crippen LogP contribution in [0.3, 0.4) is 0 Å². The van der Waals surface area contributed by atoms with Crippen LogP contribution in [-0.2, 0) is 30.4 Å². The predicted octanol–water partition coefficient (Wildman–Crippen LogP) is 3.05. The summed E-state index contributed by atoms with van der Waals surface area (Å²) in [6.07, 6.45) is 3.42. The number of methoxy groups -OCH3 is 1. The summed E-state index contributed by atoms with van der Waals surface area (Å²) in [6, 6.07) is 10.1. The van der Waals surface area contributed by atoms with E-state index in [0.717, 1.165) is 24.8 Å². The molecule has 0 radical (unpaired) electrons. The highest BCUT2D eigenvalue weighted by Gasteiger charge is 2.60. The molecule has 0 saturated carbocycles. The van der Waals surface area contributed by atoms with Gasteiger partial charge in [-0.2, -0.15) is 0 Å². The SMILES string of the molecule is COC(=O)C1C(=O)C[C@]2(CCCOCc3ccccc3)CC[C@@]1(C)O2. The minimum absolute atomic E-state index is 0.0525. The Morgan fingerprint density at radius 1 is 1.28 bits per heavy atom. The van der Waals surface area contributed by atoms with E-state index >= 15 is 0 Å². The second-order valence-corrected chi connectivity index (χ2v) is 7.34. The van der Waals surface area contributed by atoms with Crippen LogP contribution in [0.1, 0.15) is 44.6 Å². The molecule has 1 unspecified atom stereocenters. The zero-order chi connectivity index (χ0) is 17.9. The van der Waals surface area contributed by atoms with Gasteiger partial charge in [0, 0.05) is 13.0 Å². The number of ether oxygens (including phenoxy) is 3. The van der Waals surface area contributed by atoms with Crippen molar-refractivity contribution in [3.05, 3.63) is 35.9 Å². The van der Waals surface area contributed by atoms with Gasteiger partial charge in [0.15, 0.2) is 5.78 Å². The molecule has 0 aliphatic carbocycles. The predicted molar refractivity (Wildman–Crippen MR) is 91.9 cm³/mol. The Labute approximate surface area is 148 Å². The van der Waals surface area contributed by atoms with E-state index in [9.17, 15) is 9.59 Å². The average Bonchev–Trinajstić information content (AvgIpc) is 2.87. The molecule has 2 fully saturated rings. The molecule has 5 heteroatoms. The largest absolute Gasteiger partial charge is 0.468 e. The molecule has 3 atom stereocenters. The van der Waals surface area contributed by atoms with Crippen molar-refractivity contribution in [1.82, 2.24) is 0 Å². The number of carbonyl (C=O) groups is 2. The highest BCUT2D eigenvalue weighted by molar-refractivity contribution is 6.01. The van der Waals surface area contributed by atoms with E-state index in [1.54, 1.807) is 0 Å². The molecule has 3 rings (SSSR count). The number of esters is 1. The second-order valence-electron chi connectivity index (χ2n) is 7.34. The van der Waals surface area contributed by atoms with E-state index in [-0.39, 0.29) is 5.78 Å². The molecule has 2 bridgehead atoms. The number of hydrogen-bond donors (Lipinski definition) is 0. The summed E-state index contributed by atoms with van der Waals surface area (Å²) >= 11 is 0. The summed E-state index contributed by atoms with van der Waals surface area (Å²) in [6.45, 7) is 3.08. The van der Waals surface area contributed by atoms with E-state index < -0.39 is 23.1 Å². The van der Waals surface area contributed by atoms with Crippen LogP contribution >= 0.6 is 0 Å². The Balaban J connectivity index is 1.51. The Morgan fingerprint density at radius 3 is 2.76 bits per heavy atom. The fraction of sp³-hybridized carbons (Fsp3) is 0.600. The van der Waals surface area contributed by atoms with Gasteiger partial charge in [-0.1, -0.05) is 30.3 Å². The monoisotopic (exact) mass is 346 g/mol. The standard InChI is InChI=1S/C20H26O5/c1-19-10-11-20(25-19,13-16(21)17(19)18(22)23-2)9-6-12-24-14-15-7-4-3-5-8-15/h3-5,7-8,17H,6,9-14H2,1-2H3/t17?,19-,20+/m1/s1. The smallest absolute Gasteiger partial charge is 0.319 e. The summed E-state index contributed by atoms with van der Waals surface area (Å²) in [5, 5.41) is 0. The normalized spacial score (nSPS) is 31.1. The van der Waals surface area contributed by atoms with Crippen LogP contribution in [-0.4, -0.2) is 36.7 Å². The average molecular weight is 346 g/mol. The Morgan fingerprint density at radius 2 is 2.04 bits per heavy atom. The van der Waals surface area contributed by atoms with Gasteiger partial charge in [0.05, 0.1) is 24.9 Å². The molecule has 1 aromatic carbocycles. The molecule has 0 N–H and O–H groups in total. The van der Waals surface area contributed by atoms with Gasteiger partial charge >= 0.3 is 5.97 Å². The summed E-state index contributed by atoms with van der Waals surface area (Å²) in [4.78, 5) is 24.5. The van der Waals surface area contributed by atoms with E-state index in [0.29, 0.717) is 26.1 Å². The van der Waals surface area contributed by atoms with Crippen molar-refractivity contribution < 1.29 is 23.8 Å². The first-order chi connectivity index (χ1) is 12.0. The van der Waals surface area contributed by atoms with Gasteiger partial charge < -0.3 is 14.2 Å². The van der Waals surface area contributed by atoms with E-state index in [4.69, 9.17) is 14.2 Å². The van der Waals surface area contributed by atoms with Crippen LogP contribution < -0.4 is 0 Å². The highest BCUT2D eigenvalue weighted by atomic mass is 16.5. The van der Waals surface area contributed by atoms with Gasteiger partial charge in [0.1, 0.15) is 5.92 Å². The van der Waals surface area contributed by atoms with Crippen molar-refractivity contribution in [3.8, 4) is 0 Å². The number of fused-ring (bicyclic) bond motifs is 2. The van der Waals surface area contributed by atoms with Gasteiger partial charge in [-0.05, 0) is 38.2 Å². The third kappa shape index (κ3) is 3.77. The van der Waals surface area contributed by atoms with E-state index in [1.807, 2.05) is 37.3 Å². The molecule has 136 valence electrons. The zero-order valence-corrected chi connectivity index (χ0v) is 15.0. The molecule has 25 heavy (non-hydrogen) atoms. The fourth-order valence-corrected chi connectivity index (χ4v) is 4.18. The summed E-state index contributed by atoms with van der Waals surface area (Å²) < 4.78 is 16.8. The van der Waals surface area contributed by atoms with E-state index in [2.05, 4.69) is 0 Å². The second kappa shape index (κ2) is 7.26. The van der Waals surface area contributed by atoms with Crippen LogP contribution in [0.2, 0.25) is 0 Å². The quantitative estimate of drug-likeness (QED) is 0.431. The molecule has 0 amide bonds. The van der Waals surface area contributed by atoms with Crippen LogP contribution in [0, 0.1) is 5.92 Å². The molecule has 2 heterocycles. The Bertz CT molecular complexity index is 628. The maximum atomic E-state index is 12.5. The number of hydrogen-bond acceptors (Lipinski definition) is 5. The molecule has 1 aromatic rings. The molecule has 2 aliphatic rings. The maximum Gasteiger partial charge on any atom is 0.319 e. The molecule has 5 nitrogen and oxygen atoms in total. The van der Waals surface area contributed by atoms with Crippen molar-refractivity contribution in [1.29, 1.82) is 0 Å². The Hall–Kier alpha value is -1.72. The molecule has 2 aliphatic heterocycles. The van der Waals surface area contributed by atoms with Gasteiger partial charge in [-0.15, -0.1) is 0 Å². The lowest BCUT2D eigenvalue weighted by molar-refractivity contribution is -0.188. The lowest BCUT2D eigenvalue weighted by Gasteiger charge is -2.41. The minimum Gasteiger partial charge on any atom is -0.468 e. The van der Waals surface area contributed by atoms with Crippen LogP contribution in [0.5, 0.6) is 0 Å². The summed E-state index contributed by atoms with van der Waals surface area (Å²) in [5.41, 5.74) is -0.0149. The summed E-state index contributed by atoms with van der Waals surface area (Å²) in [7, 11) is 1.32. The molecular weight excluding hydrogens is 320 g/mol. The van der Waals surface area contributed by atoms with Crippen molar-refractivity contribution >= 4 is 11.8 Å². The molecule has 0 aromatic heterocycles. The lowest BCUT2D eigenvalue weighted by Crippen LogP contribution is -2.53. The molecular formula is C20H26O5. The summed E-state index contributed by atoms with van der Waals surface area (Å²) in [5.74, 6) is -1.32. The van der Waals surface area contributed by atoms with Crippen molar-refractivity contribution in [2.24, 2.45) is 5.92 Å². The number of ketones is 1. The number of benzene rings is 1. The maximum absolute atomic E-state index is 12.5. The lowest BCUT2D eigenvalue weighted by atomic mass is 9.81. The highest BCUT2D eigenvalue weighted by Crippen LogP contribution is 2.51. The van der Waals surface area contributed by atoms with Crippen molar-refractivity contribution in [2.45, 2.75) is 56.8 Å². The van der Waals surface area contributed by atoms with Gasteiger partial charge in [0.2, 0.25) is 0 Å². The topological polar surface area (TPSA) is 61.8 Å². The number of Topliss-reactive ketones (excluding diaryl/α,β-unsaturated/α-hetero) is 1. The first kappa shape index (κ1) is 18.1. The molecule has 2 saturated heterocycles. The third-order valence-electron chi connectivity index (χ3n) is 5.43. The van der Waals surface area contributed by atoms with Gasteiger partial charge in [-0.3, -0.25) is 9.59 Å². The number of rotatable bonds is 7. The first-order valence-electron chi connectivity index (χ1n) is 8.90. The third-order valence-corrected chi connectivity index (χ3v) is 5.43. The van der Waals surface area contributed by atoms with E-state index in [1.165, 1.54) is 7.11 Å². The van der Waals surface area contributed by atoms with Gasteiger partial charge in [0.25, 0.3) is 0 Å². The van der Waals surface area contributed by atoms with Gasteiger partial charge in [-0.25, -0.2) is 0 Å². The zero-order valence-electron chi connectivity index (χ0n) is 15.0. The van der Waals surface area contributed by atoms with Crippen molar-refractivity contribution in [3.63, 3.8) is 0 Å².